The van der Waals surface area contributed by atoms with E-state index in [0.29, 0.717) is 17.1 Å². The smallest absolute Gasteiger partial charge is 0.221 e. The molecular formula is C14H13N3O. The molecule has 0 aliphatic carbocycles. The standard InChI is InChI=1S/C14H13N3O/c1-14(15,10-6-3-2-4-7-10)13-17-12-11(18-13)8-5-9-16-12/h2-9H,15H2,1H3. The Hall–Kier alpha value is -2.20. The summed E-state index contributed by atoms with van der Waals surface area (Å²) in [6, 6.07) is 13.4. The van der Waals surface area contributed by atoms with Crippen LogP contribution in [0.25, 0.3) is 11.2 Å². The molecule has 2 N–H and O–H groups in total. The fourth-order valence-electron chi connectivity index (χ4n) is 1.90. The number of oxazole rings is 1. The maximum Gasteiger partial charge on any atom is 0.221 e. The van der Waals surface area contributed by atoms with Crippen molar-refractivity contribution in [2.24, 2.45) is 5.73 Å². The van der Waals surface area contributed by atoms with Crippen LogP contribution < -0.4 is 5.73 Å². The van der Waals surface area contributed by atoms with E-state index in [9.17, 15) is 0 Å². The molecule has 0 bridgehead atoms. The summed E-state index contributed by atoms with van der Waals surface area (Å²) >= 11 is 0. The lowest BCUT2D eigenvalue weighted by atomic mass is 9.93. The van der Waals surface area contributed by atoms with Crippen molar-refractivity contribution in [1.29, 1.82) is 0 Å². The first-order valence-corrected chi connectivity index (χ1v) is 5.74. The minimum Gasteiger partial charge on any atom is -0.437 e. The van der Waals surface area contributed by atoms with Gasteiger partial charge in [-0.2, -0.15) is 4.98 Å². The molecule has 2 aromatic heterocycles. The van der Waals surface area contributed by atoms with E-state index in [1.165, 1.54) is 0 Å². The SMILES string of the molecule is CC(N)(c1ccccc1)c1nc2ncccc2o1. The molecule has 0 aliphatic heterocycles. The van der Waals surface area contributed by atoms with E-state index in [1.807, 2.05) is 49.4 Å². The topological polar surface area (TPSA) is 64.9 Å². The van der Waals surface area contributed by atoms with Crippen LogP contribution in [0.2, 0.25) is 0 Å². The van der Waals surface area contributed by atoms with E-state index in [4.69, 9.17) is 10.2 Å². The van der Waals surface area contributed by atoms with Gasteiger partial charge in [-0.15, -0.1) is 0 Å². The lowest BCUT2D eigenvalue weighted by Gasteiger charge is -2.20. The third kappa shape index (κ3) is 1.67. The zero-order chi connectivity index (χ0) is 12.6. The minimum atomic E-state index is -0.762. The first-order chi connectivity index (χ1) is 8.68. The second-order valence-electron chi connectivity index (χ2n) is 4.41. The van der Waals surface area contributed by atoms with E-state index in [0.717, 1.165) is 5.56 Å². The Kier molecular flexibility index (Phi) is 2.38. The Labute approximate surface area is 104 Å². The molecule has 0 fully saturated rings. The van der Waals surface area contributed by atoms with Gasteiger partial charge in [0, 0.05) is 6.20 Å². The Morgan fingerprint density at radius 2 is 1.89 bits per heavy atom. The zero-order valence-electron chi connectivity index (χ0n) is 10.00. The van der Waals surface area contributed by atoms with Gasteiger partial charge in [0.15, 0.2) is 11.2 Å². The first kappa shape index (κ1) is 10.9. The molecule has 0 aliphatic rings. The molecular weight excluding hydrogens is 226 g/mol. The summed E-state index contributed by atoms with van der Waals surface area (Å²) in [5.41, 5.74) is 7.77. The van der Waals surface area contributed by atoms with Gasteiger partial charge in [-0.05, 0) is 24.6 Å². The van der Waals surface area contributed by atoms with E-state index in [-0.39, 0.29) is 0 Å². The van der Waals surface area contributed by atoms with Crippen LogP contribution in [0.3, 0.4) is 0 Å². The van der Waals surface area contributed by atoms with Crippen molar-refractivity contribution in [3.63, 3.8) is 0 Å². The van der Waals surface area contributed by atoms with Crippen LogP contribution in [-0.2, 0) is 5.54 Å². The number of rotatable bonds is 2. The van der Waals surface area contributed by atoms with Gasteiger partial charge in [0.25, 0.3) is 0 Å². The van der Waals surface area contributed by atoms with Crippen LogP contribution in [0.4, 0.5) is 0 Å². The zero-order valence-corrected chi connectivity index (χ0v) is 10.00. The van der Waals surface area contributed by atoms with Gasteiger partial charge in [0.2, 0.25) is 5.89 Å². The molecule has 0 spiro atoms. The Balaban J connectivity index is 2.13. The highest BCUT2D eigenvalue weighted by Crippen LogP contribution is 2.27. The molecule has 0 saturated carbocycles. The molecule has 4 heteroatoms. The lowest BCUT2D eigenvalue weighted by molar-refractivity contribution is 0.418. The molecule has 3 aromatic rings. The third-order valence-electron chi connectivity index (χ3n) is 2.98. The molecule has 1 aromatic carbocycles. The maximum atomic E-state index is 6.34. The highest BCUT2D eigenvalue weighted by molar-refractivity contribution is 5.67. The van der Waals surface area contributed by atoms with E-state index in [2.05, 4.69) is 9.97 Å². The quantitative estimate of drug-likeness (QED) is 0.746. The Morgan fingerprint density at radius 1 is 1.11 bits per heavy atom. The van der Waals surface area contributed by atoms with Crippen molar-refractivity contribution in [2.45, 2.75) is 12.5 Å². The summed E-state index contributed by atoms with van der Waals surface area (Å²) < 4.78 is 5.69. The van der Waals surface area contributed by atoms with Crippen molar-refractivity contribution in [2.75, 3.05) is 0 Å². The third-order valence-corrected chi connectivity index (χ3v) is 2.98. The molecule has 3 rings (SSSR count). The minimum absolute atomic E-state index is 0.474. The number of fused-ring (bicyclic) bond motifs is 1. The van der Waals surface area contributed by atoms with E-state index >= 15 is 0 Å². The summed E-state index contributed by atoms with van der Waals surface area (Å²) in [5, 5.41) is 0. The van der Waals surface area contributed by atoms with Crippen LogP contribution in [0.15, 0.2) is 53.1 Å². The van der Waals surface area contributed by atoms with Crippen molar-refractivity contribution in [3.05, 3.63) is 60.1 Å². The Bertz CT molecular complexity index is 641. The summed E-state index contributed by atoms with van der Waals surface area (Å²) in [6.07, 6.45) is 1.69. The monoisotopic (exact) mass is 239 g/mol. The number of aromatic nitrogens is 2. The summed E-state index contributed by atoms with van der Waals surface area (Å²) in [6.45, 7) is 1.88. The van der Waals surface area contributed by atoms with Gasteiger partial charge in [0.05, 0.1) is 0 Å². The molecule has 18 heavy (non-hydrogen) atoms. The van der Waals surface area contributed by atoms with Crippen molar-refractivity contribution in [3.8, 4) is 0 Å². The van der Waals surface area contributed by atoms with Crippen LogP contribution >= 0.6 is 0 Å². The Morgan fingerprint density at radius 3 is 2.61 bits per heavy atom. The van der Waals surface area contributed by atoms with E-state index in [1.54, 1.807) is 6.20 Å². The second kappa shape index (κ2) is 3.92. The molecule has 4 nitrogen and oxygen atoms in total. The largest absolute Gasteiger partial charge is 0.437 e. The molecule has 0 radical (unpaired) electrons. The number of hydrogen-bond donors (Lipinski definition) is 1. The average molecular weight is 239 g/mol. The van der Waals surface area contributed by atoms with Crippen molar-refractivity contribution in [1.82, 2.24) is 9.97 Å². The molecule has 2 heterocycles. The molecule has 90 valence electrons. The predicted octanol–water partition coefficient (Wildman–Crippen LogP) is 2.45. The van der Waals surface area contributed by atoms with Gasteiger partial charge >= 0.3 is 0 Å². The van der Waals surface area contributed by atoms with Gasteiger partial charge in [-0.25, -0.2) is 4.98 Å². The van der Waals surface area contributed by atoms with Gasteiger partial charge < -0.3 is 10.2 Å². The van der Waals surface area contributed by atoms with Gasteiger partial charge in [-0.3, -0.25) is 0 Å². The van der Waals surface area contributed by atoms with Crippen molar-refractivity contribution < 1.29 is 4.42 Å². The van der Waals surface area contributed by atoms with E-state index < -0.39 is 5.54 Å². The number of benzene rings is 1. The van der Waals surface area contributed by atoms with Crippen LogP contribution in [0.5, 0.6) is 0 Å². The highest BCUT2D eigenvalue weighted by Gasteiger charge is 2.29. The number of nitrogens with zero attached hydrogens (tertiary/aromatic N) is 2. The predicted molar refractivity (Wildman–Crippen MR) is 68.9 cm³/mol. The van der Waals surface area contributed by atoms with Gasteiger partial charge in [-0.1, -0.05) is 30.3 Å². The fraction of sp³-hybridized carbons (Fsp3) is 0.143. The molecule has 1 atom stereocenters. The average Bonchev–Trinajstić information content (AvgIpc) is 2.84. The number of hydrogen-bond acceptors (Lipinski definition) is 4. The molecule has 1 unspecified atom stereocenters. The summed E-state index contributed by atoms with van der Waals surface area (Å²) in [7, 11) is 0. The second-order valence-corrected chi connectivity index (χ2v) is 4.41. The van der Waals surface area contributed by atoms with Crippen LogP contribution in [0, 0.1) is 0 Å². The number of nitrogens with two attached hydrogens (primary N) is 1. The highest BCUT2D eigenvalue weighted by atomic mass is 16.4. The fourth-order valence-corrected chi connectivity index (χ4v) is 1.90. The lowest BCUT2D eigenvalue weighted by Crippen LogP contribution is -2.34. The summed E-state index contributed by atoms with van der Waals surface area (Å²) in [5.74, 6) is 0.474. The van der Waals surface area contributed by atoms with Crippen LogP contribution in [0.1, 0.15) is 18.4 Å². The van der Waals surface area contributed by atoms with Gasteiger partial charge in [0.1, 0.15) is 5.54 Å². The summed E-state index contributed by atoms with van der Waals surface area (Å²) in [4.78, 5) is 8.51. The first-order valence-electron chi connectivity index (χ1n) is 5.74. The number of pyridine rings is 1. The molecule has 0 amide bonds. The molecule has 0 saturated heterocycles. The van der Waals surface area contributed by atoms with Crippen molar-refractivity contribution >= 4 is 11.2 Å². The normalized spacial score (nSPS) is 14.6. The van der Waals surface area contributed by atoms with Crippen LogP contribution in [-0.4, -0.2) is 9.97 Å². The maximum absolute atomic E-state index is 6.34.